The first-order valence-electron chi connectivity index (χ1n) is 16.7. The highest BCUT2D eigenvalue weighted by atomic mass is 28.4. The van der Waals surface area contributed by atoms with E-state index in [4.69, 9.17) is 13.7 Å². The molecule has 1 aromatic rings. The van der Waals surface area contributed by atoms with E-state index >= 15 is 0 Å². The van der Waals surface area contributed by atoms with Crippen molar-refractivity contribution in [3.8, 4) is 0 Å². The molecule has 0 aromatic heterocycles. The number of aryl methyl sites for hydroxylation is 1. The molecule has 0 N–H and O–H groups in total. The SMILES string of the molecule is CCCCCCC/C(=C\B1OC(C)(C)C(C)(C)O1)c1cccc(CCCCCC(C)(C)O[Si](CC)(CC)CC)c1. The van der Waals surface area contributed by atoms with Gasteiger partial charge in [-0.15, -0.1) is 0 Å². The maximum absolute atomic E-state index is 6.83. The summed E-state index contributed by atoms with van der Waals surface area (Å²) >= 11 is 0. The average Bonchev–Trinajstić information content (AvgIpc) is 3.11. The molecule has 0 saturated carbocycles. The van der Waals surface area contributed by atoms with Crippen molar-refractivity contribution < 1.29 is 13.7 Å². The first-order chi connectivity index (χ1) is 18.8. The smallest absolute Gasteiger partial charge is 0.412 e. The van der Waals surface area contributed by atoms with Crippen molar-refractivity contribution >= 4 is 21.0 Å². The Bertz CT molecular complexity index is 879. The quantitative estimate of drug-likeness (QED) is 0.122. The Labute approximate surface area is 250 Å². The zero-order chi connectivity index (χ0) is 29.9. The van der Waals surface area contributed by atoms with Crippen LogP contribution in [0.3, 0.4) is 0 Å². The third-order valence-electron chi connectivity index (χ3n) is 9.63. The molecule has 3 nitrogen and oxygen atoms in total. The minimum Gasteiger partial charge on any atom is -0.412 e. The van der Waals surface area contributed by atoms with Gasteiger partial charge in [0.15, 0.2) is 8.32 Å². The second-order valence-electron chi connectivity index (χ2n) is 13.8. The first-order valence-corrected chi connectivity index (χ1v) is 19.2. The molecule has 1 fully saturated rings. The second-order valence-corrected chi connectivity index (χ2v) is 18.5. The van der Waals surface area contributed by atoms with Crippen molar-refractivity contribution in [2.75, 3.05) is 0 Å². The van der Waals surface area contributed by atoms with Crippen LogP contribution in [0.15, 0.2) is 30.2 Å². The van der Waals surface area contributed by atoms with Crippen LogP contribution in [0.2, 0.25) is 18.1 Å². The van der Waals surface area contributed by atoms with Gasteiger partial charge in [-0.1, -0.05) is 96.5 Å². The molecule has 0 bridgehead atoms. The van der Waals surface area contributed by atoms with Crippen LogP contribution in [0.4, 0.5) is 0 Å². The van der Waals surface area contributed by atoms with E-state index in [-0.39, 0.29) is 23.9 Å². The normalized spacial score (nSPS) is 17.6. The highest BCUT2D eigenvalue weighted by Gasteiger charge is 2.50. The molecule has 228 valence electrons. The fraction of sp³-hybridized carbons (Fsp3) is 0.771. The molecule has 0 spiro atoms. The van der Waals surface area contributed by atoms with Gasteiger partial charge in [-0.05, 0) is 108 Å². The van der Waals surface area contributed by atoms with Crippen molar-refractivity contribution in [2.24, 2.45) is 0 Å². The monoisotopic (exact) mass is 570 g/mol. The zero-order valence-corrected chi connectivity index (χ0v) is 29.1. The molecule has 0 unspecified atom stereocenters. The van der Waals surface area contributed by atoms with E-state index in [1.807, 2.05) is 0 Å². The Hall–Kier alpha value is -0.878. The summed E-state index contributed by atoms with van der Waals surface area (Å²) in [5.74, 6) is 2.25. The lowest BCUT2D eigenvalue weighted by molar-refractivity contribution is 0.00578. The topological polar surface area (TPSA) is 27.7 Å². The zero-order valence-electron chi connectivity index (χ0n) is 28.1. The summed E-state index contributed by atoms with van der Waals surface area (Å²) in [6, 6.07) is 12.9. The van der Waals surface area contributed by atoms with Crippen LogP contribution in [0.25, 0.3) is 5.57 Å². The number of hydrogen-bond donors (Lipinski definition) is 0. The number of allylic oxidation sites excluding steroid dienone is 1. The predicted octanol–water partition coefficient (Wildman–Crippen LogP) is 11.0. The van der Waals surface area contributed by atoms with Gasteiger partial charge in [0, 0.05) is 0 Å². The molecule has 0 aliphatic carbocycles. The number of hydrogen-bond acceptors (Lipinski definition) is 3. The van der Waals surface area contributed by atoms with Crippen molar-refractivity contribution in [3.63, 3.8) is 0 Å². The molecule has 40 heavy (non-hydrogen) atoms. The maximum Gasteiger partial charge on any atom is 0.487 e. The summed E-state index contributed by atoms with van der Waals surface area (Å²) in [5.41, 5.74) is 3.51. The molecule has 1 heterocycles. The van der Waals surface area contributed by atoms with Gasteiger partial charge in [-0.25, -0.2) is 0 Å². The molecular weight excluding hydrogens is 507 g/mol. The first kappa shape index (κ1) is 35.3. The Morgan fingerprint density at radius 1 is 0.850 bits per heavy atom. The van der Waals surface area contributed by atoms with Crippen LogP contribution < -0.4 is 0 Å². The van der Waals surface area contributed by atoms with E-state index in [0.717, 1.165) is 19.3 Å². The summed E-state index contributed by atoms with van der Waals surface area (Å²) in [6.07, 6.45) is 13.5. The van der Waals surface area contributed by atoms with Crippen LogP contribution in [-0.4, -0.2) is 32.2 Å². The summed E-state index contributed by atoms with van der Waals surface area (Å²) in [6.45, 7) is 22.4. The maximum atomic E-state index is 6.83. The lowest BCUT2D eigenvalue weighted by Crippen LogP contribution is -2.44. The number of rotatable bonds is 19. The fourth-order valence-electron chi connectivity index (χ4n) is 5.95. The molecular formula is C35H63BO3Si. The van der Waals surface area contributed by atoms with E-state index < -0.39 is 8.32 Å². The van der Waals surface area contributed by atoms with Crippen molar-refractivity contribution in [1.29, 1.82) is 0 Å². The molecule has 2 rings (SSSR count). The highest BCUT2D eigenvalue weighted by Crippen LogP contribution is 2.38. The number of unbranched alkanes of at least 4 members (excludes halogenated alkanes) is 6. The van der Waals surface area contributed by atoms with Crippen LogP contribution in [0, 0.1) is 0 Å². The third kappa shape index (κ3) is 10.8. The van der Waals surface area contributed by atoms with Crippen molar-refractivity contribution in [3.05, 3.63) is 41.4 Å². The van der Waals surface area contributed by atoms with Crippen LogP contribution >= 0.6 is 0 Å². The minimum atomic E-state index is -1.56. The fourth-order valence-corrected chi connectivity index (χ4v) is 9.16. The Morgan fingerprint density at radius 3 is 2.05 bits per heavy atom. The van der Waals surface area contributed by atoms with Gasteiger partial charge >= 0.3 is 7.12 Å². The van der Waals surface area contributed by atoms with Crippen LogP contribution in [0.5, 0.6) is 0 Å². The lowest BCUT2D eigenvalue weighted by atomic mass is 9.83. The Balaban J connectivity index is 2.00. The molecule has 0 atom stereocenters. The van der Waals surface area contributed by atoms with E-state index in [2.05, 4.69) is 99.5 Å². The average molecular weight is 571 g/mol. The third-order valence-corrected chi connectivity index (χ3v) is 14.5. The van der Waals surface area contributed by atoms with Crippen molar-refractivity contribution in [1.82, 2.24) is 0 Å². The van der Waals surface area contributed by atoms with Gasteiger partial charge in [-0.3, -0.25) is 0 Å². The van der Waals surface area contributed by atoms with Gasteiger partial charge in [0.2, 0.25) is 0 Å². The Morgan fingerprint density at radius 2 is 1.45 bits per heavy atom. The molecule has 1 aromatic carbocycles. The number of benzene rings is 1. The van der Waals surface area contributed by atoms with E-state index in [0.29, 0.717) is 0 Å². The predicted molar refractivity (Wildman–Crippen MR) is 178 cm³/mol. The second kappa shape index (κ2) is 16.1. The van der Waals surface area contributed by atoms with Crippen molar-refractivity contribution in [2.45, 2.75) is 175 Å². The summed E-state index contributed by atoms with van der Waals surface area (Å²) in [7, 11) is -1.85. The van der Waals surface area contributed by atoms with E-state index in [1.165, 1.54) is 86.2 Å². The van der Waals surface area contributed by atoms with E-state index in [9.17, 15) is 0 Å². The van der Waals surface area contributed by atoms with Gasteiger partial charge in [0.1, 0.15) is 0 Å². The van der Waals surface area contributed by atoms with Crippen LogP contribution in [-0.2, 0) is 20.2 Å². The highest BCUT2D eigenvalue weighted by molar-refractivity contribution is 6.73. The summed E-state index contributed by atoms with van der Waals surface area (Å²) < 4.78 is 19.5. The minimum absolute atomic E-state index is 0.00148. The molecule has 0 radical (unpaired) electrons. The summed E-state index contributed by atoms with van der Waals surface area (Å²) in [5, 5.41) is 0. The van der Waals surface area contributed by atoms with E-state index in [1.54, 1.807) is 0 Å². The Kier molecular flexibility index (Phi) is 14.2. The van der Waals surface area contributed by atoms with Gasteiger partial charge in [0.25, 0.3) is 0 Å². The summed E-state index contributed by atoms with van der Waals surface area (Å²) in [4.78, 5) is 0. The molecule has 0 amide bonds. The molecule has 1 saturated heterocycles. The van der Waals surface area contributed by atoms with Gasteiger partial charge < -0.3 is 13.7 Å². The van der Waals surface area contributed by atoms with Gasteiger partial charge in [-0.2, -0.15) is 0 Å². The lowest BCUT2D eigenvalue weighted by Gasteiger charge is -2.38. The van der Waals surface area contributed by atoms with Gasteiger partial charge in [0.05, 0.1) is 16.8 Å². The largest absolute Gasteiger partial charge is 0.487 e. The molecule has 5 heteroatoms. The standard InChI is InChI=1S/C35H63BO3Si/c1-11-15-16-17-20-25-32(29-36-37-34(7,8)35(9,10)38-36)31-26-22-24-30(28-31)23-19-18-21-27-33(5,6)39-40(12-2,13-3)14-4/h22,24,26,28-29H,11-21,23,25,27H2,1-10H3/b32-29+. The molecule has 1 aliphatic rings. The van der Waals surface area contributed by atoms with Crippen LogP contribution in [0.1, 0.15) is 145 Å². The molecule has 1 aliphatic heterocycles.